The molecule has 3 atom stereocenters. The highest BCUT2D eigenvalue weighted by Crippen LogP contribution is 2.33. The van der Waals surface area contributed by atoms with E-state index in [1.54, 1.807) is 0 Å². The molecular formula is C48H44Cl2N10O3S. The van der Waals surface area contributed by atoms with Gasteiger partial charge in [0.25, 0.3) is 0 Å². The maximum absolute atomic E-state index is 11.1. The highest BCUT2D eigenvalue weighted by Gasteiger charge is 2.42. The van der Waals surface area contributed by atoms with Gasteiger partial charge in [-0.3, -0.25) is 4.79 Å². The van der Waals surface area contributed by atoms with Gasteiger partial charge in [-0.1, -0.05) is 79.2 Å². The van der Waals surface area contributed by atoms with E-state index in [1.807, 2.05) is 152 Å². The first-order valence-corrected chi connectivity index (χ1v) is 21.6. The number of amides is 2. The number of aliphatic carboxylic acids is 1. The molecule has 0 unspecified atom stereocenters. The number of halogens is 2. The van der Waals surface area contributed by atoms with Crippen LogP contribution in [-0.4, -0.2) is 70.2 Å². The molecule has 4 heterocycles. The van der Waals surface area contributed by atoms with Crippen LogP contribution in [0.5, 0.6) is 0 Å². The van der Waals surface area contributed by atoms with Crippen molar-refractivity contribution in [2.45, 2.75) is 43.0 Å². The van der Waals surface area contributed by atoms with Crippen LogP contribution in [0.25, 0.3) is 56.7 Å². The Morgan fingerprint density at radius 1 is 0.594 bits per heavy atom. The zero-order valence-electron chi connectivity index (χ0n) is 34.4. The van der Waals surface area contributed by atoms with Crippen LogP contribution in [0.1, 0.15) is 25.7 Å². The average Bonchev–Trinajstić information content (AvgIpc) is 4.14. The Labute approximate surface area is 387 Å². The number of para-hydroxylation sites is 2. The summed E-state index contributed by atoms with van der Waals surface area (Å²) in [6, 6.07) is 57.3. The number of nitrogens with one attached hydrogen (secondary N) is 2. The Hall–Kier alpha value is -6.87. The summed E-state index contributed by atoms with van der Waals surface area (Å²) in [6.45, 7) is 0. The number of nitrogens with zero attached hydrogens (tertiary/aromatic N) is 8. The van der Waals surface area contributed by atoms with Gasteiger partial charge < -0.3 is 40.6 Å². The standard InChI is InChI=1S/C38H28N8.C10H16N2O3S.2ClH/c1-5-13-31(14-6-1)37-39-43(33-17-9-3-10-18-33)45(41-37)35-25-21-29(22-26-35)30-23-27-36(28-24-30)46-42-38(32-15-7-2-8-16-32)40-44(46)34-19-11-4-12-20-34;13-8(14)4-2-1-3-7-9-6(5-16-7)11-10(15)12-9;;/h1-28H;6-7,9H,1-5H2,(H,13,14)(H2,11,12,15);2*1H/q+2;;;/p-2/t;6-,7-,9-;;/m.0../s1. The molecule has 0 bridgehead atoms. The van der Waals surface area contributed by atoms with Crippen molar-refractivity contribution in [3.63, 3.8) is 0 Å². The number of hydrogen-bond acceptors (Lipinski definition) is 7. The molecule has 2 fully saturated rings. The molecule has 2 aliphatic heterocycles. The minimum atomic E-state index is -0.729. The van der Waals surface area contributed by atoms with Crippen molar-refractivity contribution in [3.05, 3.63) is 170 Å². The summed E-state index contributed by atoms with van der Waals surface area (Å²) >= 11 is 1.87. The Kier molecular flexibility index (Phi) is 14.8. The minimum absolute atomic E-state index is 0. The number of aromatic nitrogens is 8. The molecule has 324 valence electrons. The van der Waals surface area contributed by atoms with Crippen LogP contribution < -0.4 is 45.0 Å². The van der Waals surface area contributed by atoms with E-state index in [1.165, 1.54) is 0 Å². The van der Waals surface area contributed by atoms with Gasteiger partial charge in [0.1, 0.15) is 11.4 Å². The number of carbonyl (C=O) groups excluding carboxylic acids is 1. The lowest BCUT2D eigenvalue weighted by Gasteiger charge is -2.16. The van der Waals surface area contributed by atoms with Crippen LogP contribution in [0.3, 0.4) is 0 Å². The smallest absolute Gasteiger partial charge is 0.340 e. The van der Waals surface area contributed by atoms with Crippen molar-refractivity contribution in [1.29, 1.82) is 0 Å². The number of rotatable bonds is 12. The van der Waals surface area contributed by atoms with Crippen LogP contribution in [0.15, 0.2) is 170 Å². The van der Waals surface area contributed by atoms with Crippen LogP contribution in [0, 0.1) is 0 Å². The second-order valence-electron chi connectivity index (χ2n) is 15.0. The Bertz CT molecular complexity index is 2600. The van der Waals surface area contributed by atoms with Crippen molar-refractivity contribution >= 4 is 23.8 Å². The van der Waals surface area contributed by atoms with Crippen molar-refractivity contribution in [3.8, 4) is 56.7 Å². The van der Waals surface area contributed by atoms with Gasteiger partial charge in [-0.2, -0.15) is 11.8 Å². The van der Waals surface area contributed by atoms with Gasteiger partial charge in [-0.05, 0) is 141 Å². The molecular weight excluding hydrogens is 868 g/mol. The van der Waals surface area contributed by atoms with Gasteiger partial charge in [0, 0.05) is 27.0 Å². The number of carbonyl (C=O) groups is 2. The second kappa shape index (κ2) is 21.0. The third-order valence-corrected chi connectivity index (χ3v) is 12.3. The summed E-state index contributed by atoms with van der Waals surface area (Å²) < 4.78 is 0. The second-order valence-corrected chi connectivity index (χ2v) is 16.2. The van der Waals surface area contributed by atoms with Gasteiger partial charge in [-0.15, -0.1) is 0 Å². The first kappa shape index (κ1) is 45.2. The van der Waals surface area contributed by atoms with Crippen molar-refractivity contribution in [1.82, 2.24) is 40.6 Å². The molecule has 13 nitrogen and oxygen atoms in total. The van der Waals surface area contributed by atoms with Crippen molar-refractivity contribution in [2.24, 2.45) is 0 Å². The molecule has 10 rings (SSSR count). The summed E-state index contributed by atoms with van der Waals surface area (Å²) in [7, 11) is 0. The molecule has 2 amide bonds. The number of thioether (sulfide) groups is 1. The monoisotopic (exact) mass is 910 g/mol. The molecule has 0 radical (unpaired) electrons. The van der Waals surface area contributed by atoms with Crippen molar-refractivity contribution in [2.75, 3.05) is 5.75 Å². The zero-order chi connectivity index (χ0) is 42.3. The highest BCUT2D eigenvalue weighted by molar-refractivity contribution is 8.00. The van der Waals surface area contributed by atoms with Gasteiger partial charge in [0.05, 0.1) is 33.4 Å². The van der Waals surface area contributed by atoms with Gasteiger partial charge >= 0.3 is 23.6 Å². The van der Waals surface area contributed by atoms with E-state index in [4.69, 9.17) is 25.5 Å². The number of urea groups is 1. The predicted octanol–water partition coefficient (Wildman–Crippen LogP) is 1.21. The number of hydrogen-bond donors (Lipinski definition) is 3. The minimum Gasteiger partial charge on any atom is -1.00 e. The largest absolute Gasteiger partial charge is 1.00 e. The maximum Gasteiger partial charge on any atom is 0.340 e. The summed E-state index contributed by atoms with van der Waals surface area (Å²) in [4.78, 5) is 28.8. The van der Waals surface area contributed by atoms with Gasteiger partial charge in [-0.25, -0.2) is 4.79 Å². The van der Waals surface area contributed by atoms with E-state index >= 15 is 0 Å². The molecule has 2 saturated heterocycles. The number of carboxylic acids is 1. The highest BCUT2D eigenvalue weighted by atomic mass is 35.5. The molecule has 8 aromatic rings. The summed E-state index contributed by atoms with van der Waals surface area (Å²) in [5.74, 6) is 1.54. The quantitative estimate of drug-likeness (QED) is 0.0943. The van der Waals surface area contributed by atoms with Crippen LogP contribution in [0.4, 0.5) is 4.79 Å². The van der Waals surface area contributed by atoms with Crippen LogP contribution in [0.2, 0.25) is 0 Å². The van der Waals surface area contributed by atoms with Gasteiger partial charge in [0.2, 0.25) is 0 Å². The van der Waals surface area contributed by atoms with Crippen LogP contribution >= 0.6 is 11.8 Å². The molecule has 0 saturated carbocycles. The van der Waals surface area contributed by atoms with Gasteiger partial charge in [0.15, 0.2) is 11.4 Å². The predicted molar refractivity (Wildman–Crippen MR) is 237 cm³/mol. The SMILES string of the molecule is O=C(O)CCCC[C@@H]1SC[C@@H]2NC(=O)N[C@@H]21.[Cl-].[Cl-].c1ccc(-c2nn(-c3ccccc3)[n+](-c3ccc(-c4ccc(-[n+]5nc(-c6ccccc6)nn5-c5ccccc5)cc4)cc3)n2)cc1. The Balaban J connectivity index is 0.000000289. The fourth-order valence-electron chi connectivity index (χ4n) is 7.60. The van der Waals surface area contributed by atoms with E-state index < -0.39 is 5.97 Å². The molecule has 6 aromatic carbocycles. The molecule has 64 heavy (non-hydrogen) atoms. The molecule has 2 aliphatic rings. The molecule has 16 heteroatoms. The summed E-state index contributed by atoms with van der Waals surface area (Å²) in [6.07, 6.45) is 2.88. The van der Waals surface area contributed by atoms with Crippen LogP contribution in [-0.2, 0) is 4.79 Å². The zero-order valence-corrected chi connectivity index (χ0v) is 36.8. The molecule has 2 aromatic heterocycles. The lowest BCUT2D eigenvalue weighted by molar-refractivity contribution is -0.734. The number of benzene rings is 6. The Morgan fingerprint density at radius 3 is 1.47 bits per heavy atom. The number of tetrazole rings is 2. The molecule has 0 spiro atoms. The first-order valence-electron chi connectivity index (χ1n) is 20.6. The normalized spacial score (nSPS) is 15.9. The summed E-state index contributed by atoms with van der Waals surface area (Å²) in [5.41, 5.74) is 7.74. The van der Waals surface area contributed by atoms with Crippen molar-refractivity contribution < 1.29 is 49.1 Å². The molecule has 0 aliphatic carbocycles. The first-order chi connectivity index (χ1) is 30.5. The Morgan fingerprint density at radius 2 is 1.03 bits per heavy atom. The average molecular weight is 912 g/mol. The van der Waals surface area contributed by atoms with E-state index in [-0.39, 0.29) is 49.3 Å². The number of carboxylic acid groups (broad SMARTS) is 1. The third-order valence-electron chi connectivity index (χ3n) is 10.8. The fourth-order valence-corrected chi connectivity index (χ4v) is 9.15. The van der Waals surface area contributed by atoms with E-state index in [2.05, 4.69) is 59.2 Å². The summed E-state index contributed by atoms with van der Waals surface area (Å²) in [5, 5.41) is 34.2. The molecule has 3 N–H and O–H groups in total. The fraction of sp³-hybridized carbons (Fsp3) is 0.167. The maximum atomic E-state index is 11.1. The lowest BCUT2D eigenvalue weighted by atomic mass is 10.0. The van der Waals surface area contributed by atoms with E-state index in [0.717, 1.165) is 70.0 Å². The lowest BCUT2D eigenvalue weighted by Crippen LogP contribution is -3.00. The van der Waals surface area contributed by atoms with E-state index in [0.29, 0.717) is 16.9 Å². The number of unbranched alkanes of at least 4 members (excludes halogenated alkanes) is 1. The van der Waals surface area contributed by atoms with E-state index in [9.17, 15) is 9.59 Å². The number of fused-ring (bicyclic) bond motifs is 1. The topological polar surface area (TPSA) is 148 Å². The third kappa shape index (κ3) is 10.3.